The quantitative estimate of drug-likeness (QED) is 0.634. The Morgan fingerprint density at radius 2 is 1.88 bits per heavy atom. The molecule has 0 saturated carbocycles. The molecule has 25 heavy (non-hydrogen) atoms. The van der Waals surface area contributed by atoms with Crippen LogP contribution in [0.5, 0.6) is 0 Å². The van der Waals surface area contributed by atoms with Gasteiger partial charge in [-0.15, -0.1) is 16.9 Å². The maximum Gasteiger partial charge on any atom is 0.244 e. The van der Waals surface area contributed by atoms with Crippen LogP contribution in [0.15, 0.2) is 71.5 Å². The summed E-state index contributed by atoms with van der Waals surface area (Å²) >= 11 is 2.94. The molecule has 126 valence electrons. The fourth-order valence-corrected chi connectivity index (χ4v) is 3.33. The number of thioether (sulfide) groups is 1. The summed E-state index contributed by atoms with van der Waals surface area (Å²) < 4.78 is 3.86. The molecule has 0 unspecified atom stereocenters. The van der Waals surface area contributed by atoms with Gasteiger partial charge in [0.15, 0.2) is 0 Å². The number of aromatic nitrogens is 2. The first-order valence-electron chi connectivity index (χ1n) is 7.77. The average molecular weight is 367 g/mol. The van der Waals surface area contributed by atoms with Crippen LogP contribution in [-0.4, -0.2) is 15.5 Å². The Labute approximate surface area is 155 Å². The normalized spacial score (nSPS) is 10.9. The molecule has 6 heteroatoms. The van der Waals surface area contributed by atoms with Gasteiger partial charge in [0.2, 0.25) is 5.91 Å². The highest BCUT2D eigenvalue weighted by atomic mass is 32.2. The van der Waals surface area contributed by atoms with Crippen molar-refractivity contribution in [2.45, 2.75) is 12.3 Å². The third-order valence-corrected chi connectivity index (χ3v) is 4.82. The number of carbonyl (C=O) groups excluding carboxylic acids is 1. The van der Waals surface area contributed by atoms with Gasteiger partial charge in [0, 0.05) is 29.3 Å². The van der Waals surface area contributed by atoms with E-state index in [1.54, 1.807) is 17.8 Å². The van der Waals surface area contributed by atoms with Crippen LogP contribution in [0.2, 0.25) is 0 Å². The average Bonchev–Trinajstić information content (AvgIpc) is 3.20. The minimum absolute atomic E-state index is 0.0895. The summed E-state index contributed by atoms with van der Waals surface area (Å²) in [6.07, 6.45) is 1.57. The number of nitrogens with zero attached hydrogens (tertiary/aromatic N) is 2. The van der Waals surface area contributed by atoms with Crippen LogP contribution in [0.3, 0.4) is 0 Å². The molecule has 1 aromatic heterocycles. The molecule has 0 radical (unpaired) electrons. The predicted octanol–water partition coefficient (Wildman–Crippen LogP) is 4.27. The first-order valence-corrected chi connectivity index (χ1v) is 9.66. The second-order valence-corrected chi connectivity index (χ2v) is 6.81. The van der Waals surface area contributed by atoms with Gasteiger partial charge in [-0.3, -0.25) is 4.79 Å². The van der Waals surface area contributed by atoms with Gasteiger partial charge in [-0.1, -0.05) is 59.1 Å². The van der Waals surface area contributed by atoms with E-state index in [-0.39, 0.29) is 5.91 Å². The lowest BCUT2D eigenvalue weighted by molar-refractivity contribution is -0.116. The van der Waals surface area contributed by atoms with Crippen molar-refractivity contribution in [1.29, 1.82) is 0 Å². The molecule has 4 nitrogen and oxygen atoms in total. The zero-order valence-electron chi connectivity index (χ0n) is 13.5. The summed E-state index contributed by atoms with van der Waals surface area (Å²) in [6, 6.07) is 18.1. The third kappa shape index (κ3) is 5.55. The first-order chi connectivity index (χ1) is 12.3. The Morgan fingerprint density at radius 3 is 2.60 bits per heavy atom. The smallest absolute Gasteiger partial charge is 0.244 e. The van der Waals surface area contributed by atoms with Crippen molar-refractivity contribution in [3.8, 4) is 11.3 Å². The molecular weight excluding hydrogens is 350 g/mol. The molecule has 1 N–H and O–H groups in total. The molecule has 3 aromatic rings. The van der Waals surface area contributed by atoms with Crippen LogP contribution < -0.4 is 5.32 Å². The fraction of sp³-hybridized carbons (Fsp3) is 0.105. The van der Waals surface area contributed by atoms with Crippen LogP contribution >= 0.6 is 23.3 Å². The van der Waals surface area contributed by atoms with E-state index in [0.29, 0.717) is 6.54 Å². The molecule has 0 bridgehead atoms. The Hall–Kier alpha value is -2.44. The summed E-state index contributed by atoms with van der Waals surface area (Å²) in [6.45, 7) is 0.502. The highest BCUT2D eigenvalue weighted by Crippen LogP contribution is 2.18. The zero-order valence-corrected chi connectivity index (χ0v) is 15.1. The standard InChI is InChI=1S/C19H17N3OS2/c23-19(10-11-24-13-16-4-2-1-3-5-16)20-12-15-6-8-17(9-7-15)18-14-25-22-21-18/h1-11,14H,12-13H2,(H,20,23)/b11-10-. The van der Waals surface area contributed by atoms with Gasteiger partial charge in [0.1, 0.15) is 5.69 Å². The van der Waals surface area contributed by atoms with E-state index >= 15 is 0 Å². The van der Waals surface area contributed by atoms with Gasteiger partial charge in [-0.25, -0.2) is 0 Å². The van der Waals surface area contributed by atoms with E-state index in [2.05, 4.69) is 27.0 Å². The third-order valence-electron chi connectivity index (χ3n) is 3.48. The van der Waals surface area contributed by atoms with Gasteiger partial charge in [-0.2, -0.15) is 0 Å². The molecule has 0 aliphatic heterocycles. The molecule has 0 spiro atoms. The van der Waals surface area contributed by atoms with Crippen molar-refractivity contribution in [3.63, 3.8) is 0 Å². The van der Waals surface area contributed by atoms with Gasteiger partial charge in [-0.05, 0) is 28.1 Å². The van der Waals surface area contributed by atoms with Crippen LogP contribution in [0.1, 0.15) is 11.1 Å². The zero-order chi connectivity index (χ0) is 17.3. The molecule has 0 fully saturated rings. The molecular formula is C19H17N3OS2. The van der Waals surface area contributed by atoms with Crippen molar-refractivity contribution < 1.29 is 4.79 Å². The first kappa shape index (κ1) is 17.4. The van der Waals surface area contributed by atoms with E-state index < -0.39 is 0 Å². The van der Waals surface area contributed by atoms with Crippen LogP contribution in [-0.2, 0) is 17.1 Å². The number of hydrogen-bond acceptors (Lipinski definition) is 5. The fourth-order valence-electron chi connectivity index (χ4n) is 2.16. The van der Waals surface area contributed by atoms with Gasteiger partial charge >= 0.3 is 0 Å². The minimum atomic E-state index is -0.0895. The number of carbonyl (C=O) groups is 1. The lowest BCUT2D eigenvalue weighted by Crippen LogP contribution is -2.20. The summed E-state index contributed by atoms with van der Waals surface area (Å²) in [5.74, 6) is 0.769. The van der Waals surface area contributed by atoms with Crippen LogP contribution in [0.25, 0.3) is 11.3 Å². The Kier molecular flexibility index (Phi) is 6.36. The van der Waals surface area contributed by atoms with E-state index in [1.807, 2.05) is 53.3 Å². The number of benzene rings is 2. The lowest BCUT2D eigenvalue weighted by Gasteiger charge is -2.03. The van der Waals surface area contributed by atoms with E-state index in [0.717, 1.165) is 22.6 Å². The summed E-state index contributed by atoms with van der Waals surface area (Å²) in [5.41, 5.74) is 4.19. The predicted molar refractivity (Wildman–Crippen MR) is 104 cm³/mol. The number of hydrogen-bond donors (Lipinski definition) is 1. The van der Waals surface area contributed by atoms with Crippen molar-refractivity contribution in [1.82, 2.24) is 14.9 Å². The molecule has 3 rings (SSSR count). The molecule has 1 heterocycles. The molecule has 0 aliphatic carbocycles. The summed E-state index contributed by atoms with van der Waals surface area (Å²) in [4.78, 5) is 11.9. The van der Waals surface area contributed by atoms with Crippen molar-refractivity contribution in [2.24, 2.45) is 0 Å². The molecule has 2 aromatic carbocycles. The monoisotopic (exact) mass is 367 g/mol. The summed E-state index contributed by atoms with van der Waals surface area (Å²) in [7, 11) is 0. The van der Waals surface area contributed by atoms with Crippen molar-refractivity contribution >= 4 is 29.2 Å². The largest absolute Gasteiger partial charge is 0.348 e. The number of nitrogens with one attached hydrogen (secondary N) is 1. The highest BCUT2D eigenvalue weighted by molar-refractivity contribution is 8.01. The van der Waals surface area contributed by atoms with Crippen molar-refractivity contribution in [3.05, 3.63) is 82.6 Å². The Morgan fingerprint density at radius 1 is 1.08 bits per heavy atom. The maximum absolute atomic E-state index is 11.9. The highest BCUT2D eigenvalue weighted by Gasteiger charge is 2.02. The van der Waals surface area contributed by atoms with E-state index in [9.17, 15) is 4.79 Å². The minimum Gasteiger partial charge on any atom is -0.348 e. The SMILES string of the molecule is O=C(/C=C\SCc1ccccc1)NCc1ccc(-c2csnn2)cc1. The molecule has 0 atom stereocenters. The summed E-state index contributed by atoms with van der Waals surface area (Å²) in [5, 5.41) is 10.7. The van der Waals surface area contributed by atoms with Crippen LogP contribution in [0, 0.1) is 0 Å². The van der Waals surface area contributed by atoms with E-state index in [4.69, 9.17) is 0 Å². The van der Waals surface area contributed by atoms with Gasteiger partial charge in [0.05, 0.1) is 0 Å². The maximum atomic E-state index is 11.9. The molecule has 1 amide bonds. The second kappa shape index (κ2) is 9.15. The topological polar surface area (TPSA) is 54.9 Å². The van der Waals surface area contributed by atoms with Gasteiger partial charge in [0.25, 0.3) is 0 Å². The van der Waals surface area contributed by atoms with E-state index in [1.165, 1.54) is 17.1 Å². The van der Waals surface area contributed by atoms with Crippen molar-refractivity contribution in [2.75, 3.05) is 0 Å². The number of rotatable bonds is 7. The Balaban J connectivity index is 1.42. The molecule has 0 saturated heterocycles. The van der Waals surface area contributed by atoms with Crippen LogP contribution in [0.4, 0.5) is 0 Å². The molecule has 0 aliphatic rings. The van der Waals surface area contributed by atoms with Gasteiger partial charge < -0.3 is 5.32 Å². The second-order valence-electron chi connectivity index (χ2n) is 5.30. The number of amides is 1. The lowest BCUT2D eigenvalue weighted by atomic mass is 10.1. The Bertz CT molecular complexity index is 816.